The number of carbonyl (C=O) groups excluding carboxylic acids is 2. The van der Waals surface area contributed by atoms with Gasteiger partial charge in [0.2, 0.25) is 5.01 Å². The first kappa shape index (κ1) is 20.9. The summed E-state index contributed by atoms with van der Waals surface area (Å²) in [7, 11) is 0. The zero-order valence-corrected chi connectivity index (χ0v) is 17.8. The summed E-state index contributed by atoms with van der Waals surface area (Å²) in [4.78, 5) is 26.7. The fraction of sp³-hybridized carbons (Fsp3) is 0.273. The molecule has 31 heavy (non-hydrogen) atoms. The minimum Gasteiger partial charge on any atom is -0.324 e. The van der Waals surface area contributed by atoms with Crippen LogP contribution < -0.4 is 10.6 Å². The Labute approximate surface area is 183 Å². The Morgan fingerprint density at radius 2 is 1.84 bits per heavy atom. The molecule has 4 rings (SSSR count). The van der Waals surface area contributed by atoms with Crippen molar-refractivity contribution >= 4 is 34.6 Å². The second kappa shape index (κ2) is 9.22. The fourth-order valence-electron chi connectivity index (χ4n) is 3.48. The average Bonchev–Trinajstić information content (AvgIpc) is 3.26. The van der Waals surface area contributed by atoms with E-state index in [9.17, 15) is 14.0 Å². The molecule has 1 aromatic heterocycles. The summed E-state index contributed by atoms with van der Waals surface area (Å²) < 4.78 is 13.3. The predicted molar refractivity (Wildman–Crippen MR) is 118 cm³/mol. The topological polar surface area (TPSA) is 87.2 Å². The lowest BCUT2D eigenvalue weighted by Crippen LogP contribution is -2.40. The third-order valence-corrected chi connectivity index (χ3v) is 6.32. The highest BCUT2D eigenvalue weighted by molar-refractivity contribution is 7.13. The van der Waals surface area contributed by atoms with Crippen molar-refractivity contribution in [2.45, 2.75) is 25.7 Å². The number of hydrogen-bond acceptors (Lipinski definition) is 5. The van der Waals surface area contributed by atoms with Gasteiger partial charge in [0.05, 0.1) is 0 Å². The highest BCUT2D eigenvalue weighted by Gasteiger charge is 2.27. The summed E-state index contributed by atoms with van der Waals surface area (Å²) in [6.07, 6.45) is 1.50. The van der Waals surface area contributed by atoms with Crippen LogP contribution >= 0.6 is 11.3 Å². The normalized spacial score (nSPS) is 14.3. The van der Waals surface area contributed by atoms with E-state index in [4.69, 9.17) is 0 Å². The fourth-order valence-corrected chi connectivity index (χ4v) is 4.39. The maximum absolute atomic E-state index is 13.3. The van der Waals surface area contributed by atoms with Crippen LogP contribution in [-0.2, 0) is 0 Å². The van der Waals surface area contributed by atoms with Gasteiger partial charge >= 0.3 is 6.03 Å². The molecule has 0 aliphatic carbocycles. The van der Waals surface area contributed by atoms with E-state index in [2.05, 4.69) is 20.8 Å². The number of anilines is 2. The average molecular weight is 440 g/mol. The van der Waals surface area contributed by atoms with Gasteiger partial charge in [0.15, 0.2) is 0 Å². The van der Waals surface area contributed by atoms with Crippen LogP contribution in [0.4, 0.5) is 20.6 Å². The van der Waals surface area contributed by atoms with E-state index in [0.29, 0.717) is 18.8 Å². The first-order valence-corrected chi connectivity index (χ1v) is 10.8. The molecule has 2 aromatic carbocycles. The van der Waals surface area contributed by atoms with Crippen LogP contribution in [0.3, 0.4) is 0 Å². The van der Waals surface area contributed by atoms with Crippen molar-refractivity contribution in [3.8, 4) is 0 Å². The van der Waals surface area contributed by atoms with Crippen molar-refractivity contribution in [2.24, 2.45) is 0 Å². The lowest BCUT2D eigenvalue weighted by atomic mass is 9.98. The van der Waals surface area contributed by atoms with Gasteiger partial charge in [-0.25, -0.2) is 9.18 Å². The lowest BCUT2D eigenvalue weighted by molar-refractivity contribution is 0.102. The van der Waals surface area contributed by atoms with Gasteiger partial charge in [0, 0.05) is 30.4 Å². The highest BCUT2D eigenvalue weighted by atomic mass is 32.1. The van der Waals surface area contributed by atoms with E-state index in [-0.39, 0.29) is 17.0 Å². The first-order valence-electron chi connectivity index (χ1n) is 10.0. The molecule has 0 radical (unpaired) electrons. The van der Waals surface area contributed by atoms with Crippen LogP contribution in [0.1, 0.15) is 39.1 Å². The van der Waals surface area contributed by atoms with E-state index < -0.39 is 11.7 Å². The number of nitrogens with one attached hydrogen (secondary N) is 2. The van der Waals surface area contributed by atoms with Gasteiger partial charge in [-0.1, -0.05) is 35.6 Å². The predicted octanol–water partition coefficient (Wildman–Crippen LogP) is 4.65. The van der Waals surface area contributed by atoms with E-state index >= 15 is 0 Å². The molecule has 1 aliphatic rings. The smallest absolute Gasteiger partial charge is 0.321 e. The van der Waals surface area contributed by atoms with Crippen molar-refractivity contribution in [3.05, 3.63) is 69.9 Å². The maximum atomic E-state index is 13.3. The SMILES string of the molecule is Cc1ccccc1NC(=O)N1CCC(c2nnc(C(=O)Nc3cccc(F)c3)s2)CC1. The molecular formula is C22H22FN5O2S. The third kappa shape index (κ3) is 5.05. The summed E-state index contributed by atoms with van der Waals surface area (Å²) in [5.74, 6) is -0.686. The van der Waals surface area contributed by atoms with E-state index in [1.54, 1.807) is 11.0 Å². The zero-order chi connectivity index (χ0) is 21.8. The van der Waals surface area contributed by atoms with E-state index in [1.165, 1.54) is 29.5 Å². The molecular weight excluding hydrogens is 417 g/mol. The van der Waals surface area contributed by atoms with Gasteiger partial charge in [-0.05, 0) is 49.6 Å². The number of benzene rings is 2. The molecule has 3 aromatic rings. The number of aromatic nitrogens is 2. The number of amides is 3. The van der Waals surface area contributed by atoms with Crippen LogP contribution in [0.15, 0.2) is 48.5 Å². The molecule has 1 saturated heterocycles. The van der Waals surface area contributed by atoms with Crippen molar-refractivity contribution in [1.29, 1.82) is 0 Å². The number of likely N-dealkylation sites (tertiary alicyclic amines) is 1. The van der Waals surface area contributed by atoms with E-state index in [1.807, 2.05) is 31.2 Å². The largest absolute Gasteiger partial charge is 0.324 e. The second-order valence-corrected chi connectivity index (χ2v) is 8.43. The summed E-state index contributed by atoms with van der Waals surface area (Å²) in [5.41, 5.74) is 2.20. The molecule has 0 bridgehead atoms. The summed E-state index contributed by atoms with van der Waals surface area (Å²) in [6, 6.07) is 13.3. The molecule has 2 N–H and O–H groups in total. The van der Waals surface area contributed by atoms with Gasteiger partial charge in [-0.15, -0.1) is 10.2 Å². The van der Waals surface area contributed by atoms with Crippen LogP contribution in [0, 0.1) is 12.7 Å². The van der Waals surface area contributed by atoms with Crippen molar-refractivity contribution in [1.82, 2.24) is 15.1 Å². The molecule has 1 fully saturated rings. The molecule has 0 spiro atoms. The van der Waals surface area contributed by atoms with Crippen LogP contribution in [0.2, 0.25) is 0 Å². The van der Waals surface area contributed by atoms with Gasteiger partial charge in [0.1, 0.15) is 10.8 Å². The van der Waals surface area contributed by atoms with E-state index in [0.717, 1.165) is 29.1 Å². The molecule has 0 saturated carbocycles. The number of piperidine rings is 1. The number of urea groups is 1. The Balaban J connectivity index is 1.32. The number of aryl methyl sites for hydroxylation is 1. The van der Waals surface area contributed by atoms with Crippen molar-refractivity contribution in [3.63, 3.8) is 0 Å². The number of carbonyl (C=O) groups is 2. The first-order chi connectivity index (χ1) is 15.0. The number of rotatable bonds is 4. The Bertz CT molecular complexity index is 1090. The van der Waals surface area contributed by atoms with Crippen molar-refractivity contribution < 1.29 is 14.0 Å². The molecule has 2 heterocycles. The minimum atomic E-state index is -0.422. The molecule has 0 unspecified atom stereocenters. The Morgan fingerprint density at radius 1 is 1.06 bits per heavy atom. The van der Waals surface area contributed by atoms with Gasteiger partial charge in [-0.2, -0.15) is 0 Å². The second-order valence-electron chi connectivity index (χ2n) is 7.42. The van der Waals surface area contributed by atoms with Gasteiger partial charge in [-0.3, -0.25) is 4.79 Å². The number of nitrogens with zero attached hydrogens (tertiary/aromatic N) is 3. The van der Waals surface area contributed by atoms with Crippen molar-refractivity contribution in [2.75, 3.05) is 23.7 Å². The molecule has 1 aliphatic heterocycles. The molecule has 9 heteroatoms. The minimum absolute atomic E-state index is 0.111. The van der Waals surface area contributed by atoms with Crippen LogP contribution in [0.5, 0.6) is 0 Å². The van der Waals surface area contributed by atoms with Crippen LogP contribution in [0.25, 0.3) is 0 Å². The Morgan fingerprint density at radius 3 is 2.58 bits per heavy atom. The van der Waals surface area contributed by atoms with Gasteiger partial charge in [0.25, 0.3) is 5.91 Å². The summed E-state index contributed by atoms with van der Waals surface area (Å²) in [6.45, 7) is 3.17. The Kier molecular flexibility index (Phi) is 6.22. The number of para-hydroxylation sites is 1. The maximum Gasteiger partial charge on any atom is 0.321 e. The summed E-state index contributed by atoms with van der Waals surface area (Å²) >= 11 is 1.24. The number of hydrogen-bond donors (Lipinski definition) is 2. The lowest BCUT2D eigenvalue weighted by Gasteiger charge is -2.31. The summed E-state index contributed by atoms with van der Waals surface area (Å²) in [5, 5.41) is 14.8. The Hall–Kier alpha value is -3.33. The molecule has 160 valence electrons. The van der Waals surface area contributed by atoms with Gasteiger partial charge < -0.3 is 15.5 Å². The van der Waals surface area contributed by atoms with Crippen LogP contribution in [-0.4, -0.2) is 40.1 Å². The molecule has 0 atom stereocenters. The molecule has 3 amide bonds. The zero-order valence-electron chi connectivity index (χ0n) is 17.0. The standard InChI is InChI=1S/C22H22FN5O2S/c1-14-5-2-3-8-18(14)25-22(30)28-11-9-15(10-12-28)20-26-27-21(31-20)19(29)24-17-7-4-6-16(23)13-17/h2-8,13,15H,9-12H2,1H3,(H,24,29)(H,25,30). The monoisotopic (exact) mass is 439 g/mol. The third-order valence-electron chi connectivity index (χ3n) is 5.24. The highest BCUT2D eigenvalue weighted by Crippen LogP contribution is 2.30. The quantitative estimate of drug-likeness (QED) is 0.620. The molecule has 7 nitrogen and oxygen atoms in total. The number of halogens is 1.